The van der Waals surface area contributed by atoms with Crippen molar-refractivity contribution in [3.63, 3.8) is 0 Å². The number of rotatable bonds is 11. The van der Waals surface area contributed by atoms with Gasteiger partial charge in [0, 0.05) is 17.8 Å². The highest BCUT2D eigenvalue weighted by Gasteiger charge is 2.28. The molecule has 4 unspecified atom stereocenters. The first-order valence-corrected chi connectivity index (χ1v) is 13.7. The van der Waals surface area contributed by atoms with E-state index in [-0.39, 0.29) is 11.7 Å². The van der Waals surface area contributed by atoms with Crippen molar-refractivity contribution in [3.05, 3.63) is 135 Å². The zero-order valence-corrected chi connectivity index (χ0v) is 23.0. The molecule has 0 aliphatic carbocycles. The Morgan fingerprint density at radius 3 is 1.95 bits per heavy atom. The quantitative estimate of drug-likeness (QED) is 0.204. The van der Waals surface area contributed by atoms with Gasteiger partial charge >= 0.3 is 5.97 Å². The molecule has 1 amide bonds. The fourth-order valence-electron chi connectivity index (χ4n) is 5.33. The lowest BCUT2D eigenvalue weighted by Crippen LogP contribution is -2.19. The number of carboxylic acid groups (broad SMARTS) is 1. The van der Waals surface area contributed by atoms with Crippen LogP contribution >= 0.6 is 0 Å². The summed E-state index contributed by atoms with van der Waals surface area (Å²) >= 11 is 0. The molecular formula is C34H35NO5. The average Bonchev–Trinajstić information content (AvgIpc) is 2.98. The second-order valence-corrected chi connectivity index (χ2v) is 10.3. The Labute approximate surface area is 234 Å². The van der Waals surface area contributed by atoms with Crippen molar-refractivity contribution >= 4 is 17.6 Å². The third-order valence-electron chi connectivity index (χ3n) is 7.85. The number of anilines is 1. The van der Waals surface area contributed by atoms with E-state index in [1.807, 2.05) is 24.3 Å². The topological polar surface area (TPSA) is 96.6 Å². The van der Waals surface area contributed by atoms with Crippen LogP contribution in [0.3, 0.4) is 0 Å². The Hall–Kier alpha value is -4.45. The van der Waals surface area contributed by atoms with Gasteiger partial charge in [-0.3, -0.25) is 9.59 Å². The molecule has 0 aliphatic heterocycles. The molecule has 6 nitrogen and oxygen atoms in total. The number of amides is 1. The number of benzene rings is 3. The molecule has 0 spiro atoms. The molecule has 3 aromatic carbocycles. The van der Waals surface area contributed by atoms with Crippen molar-refractivity contribution in [2.24, 2.45) is 5.92 Å². The predicted molar refractivity (Wildman–Crippen MR) is 157 cm³/mol. The molecule has 4 aromatic rings. The minimum atomic E-state index is -1.41. The highest BCUT2D eigenvalue weighted by molar-refractivity contribution is 6.02. The number of nitrogens with one attached hydrogen (secondary N) is 1. The molecule has 0 fully saturated rings. The maximum atomic E-state index is 12.6. The first-order chi connectivity index (χ1) is 19.3. The maximum Gasteiger partial charge on any atom is 0.371 e. The van der Waals surface area contributed by atoms with E-state index in [1.54, 1.807) is 0 Å². The van der Waals surface area contributed by atoms with Gasteiger partial charge < -0.3 is 14.8 Å². The van der Waals surface area contributed by atoms with Crippen molar-refractivity contribution in [2.45, 2.75) is 51.4 Å². The van der Waals surface area contributed by atoms with Crippen LogP contribution in [-0.2, 0) is 0 Å². The fraction of sp³-hybridized carbons (Fsp3) is 0.265. The van der Waals surface area contributed by atoms with Gasteiger partial charge in [-0.15, -0.1) is 0 Å². The Kier molecular flexibility index (Phi) is 9.33. The van der Waals surface area contributed by atoms with Crippen LogP contribution in [0.15, 0.2) is 106 Å². The Balaban J connectivity index is 1.52. The summed E-state index contributed by atoms with van der Waals surface area (Å²) in [6, 6.07) is 30.9. The smallest absolute Gasteiger partial charge is 0.371 e. The normalized spacial score (nSPS) is 14.1. The van der Waals surface area contributed by atoms with Crippen molar-refractivity contribution in [1.29, 1.82) is 0 Å². The lowest BCUT2D eigenvalue weighted by Gasteiger charge is -2.33. The molecule has 0 saturated carbocycles. The van der Waals surface area contributed by atoms with E-state index in [0.717, 1.165) is 30.5 Å². The van der Waals surface area contributed by atoms with Crippen molar-refractivity contribution in [3.8, 4) is 0 Å². The van der Waals surface area contributed by atoms with Gasteiger partial charge in [0.15, 0.2) is 11.2 Å². The van der Waals surface area contributed by atoms with Crippen LogP contribution in [-0.4, -0.2) is 17.0 Å². The predicted octanol–water partition coefficient (Wildman–Crippen LogP) is 7.70. The second kappa shape index (κ2) is 13.1. The Bertz CT molecular complexity index is 1480. The van der Waals surface area contributed by atoms with E-state index in [9.17, 15) is 14.4 Å². The highest BCUT2D eigenvalue weighted by Crippen LogP contribution is 2.42. The molecule has 0 radical (unpaired) electrons. The highest BCUT2D eigenvalue weighted by atomic mass is 16.4. The first kappa shape index (κ1) is 28.6. The standard InChI is InChI=1S/C34H35NO5/c1-4-24(26-11-7-5-8-12-26)19-30(27-13-9-6-10-14-27)23(3)22(2)25-15-17-28(18-16-25)35-33(37)31-20-29(36)21-32(40-31)34(38)39/h5-18,20-24,30H,4,19H2,1-3H3,(H,35,37)(H,38,39). The van der Waals surface area contributed by atoms with Crippen molar-refractivity contribution in [1.82, 2.24) is 0 Å². The summed E-state index contributed by atoms with van der Waals surface area (Å²) in [7, 11) is 0. The molecule has 2 N–H and O–H groups in total. The number of hydrogen-bond acceptors (Lipinski definition) is 4. The number of hydrogen-bond donors (Lipinski definition) is 2. The van der Waals surface area contributed by atoms with Gasteiger partial charge in [-0.2, -0.15) is 0 Å². The summed E-state index contributed by atoms with van der Waals surface area (Å²) in [4.78, 5) is 35.6. The summed E-state index contributed by atoms with van der Waals surface area (Å²) in [5.74, 6) is -1.65. The van der Waals surface area contributed by atoms with E-state index in [0.29, 0.717) is 23.4 Å². The fourth-order valence-corrected chi connectivity index (χ4v) is 5.33. The second-order valence-electron chi connectivity index (χ2n) is 10.3. The van der Waals surface area contributed by atoms with Crippen LogP contribution in [0.5, 0.6) is 0 Å². The van der Waals surface area contributed by atoms with Crippen LogP contribution in [0.1, 0.15) is 89.2 Å². The third kappa shape index (κ3) is 6.94. The summed E-state index contributed by atoms with van der Waals surface area (Å²) in [6.07, 6.45) is 2.11. The number of carbonyl (C=O) groups excluding carboxylic acids is 1. The first-order valence-electron chi connectivity index (χ1n) is 13.7. The molecular weight excluding hydrogens is 502 g/mol. The Morgan fingerprint density at radius 1 is 0.800 bits per heavy atom. The molecule has 1 aromatic heterocycles. The lowest BCUT2D eigenvalue weighted by molar-refractivity contribution is 0.0656. The van der Waals surface area contributed by atoms with Gasteiger partial charge in [0.05, 0.1) is 0 Å². The molecule has 206 valence electrons. The zero-order chi connectivity index (χ0) is 28.6. The SMILES string of the molecule is CCC(CC(c1ccccc1)C(C)C(C)c1ccc(NC(=O)c2cc(=O)cc(C(=O)O)o2)cc1)c1ccccc1. The van der Waals surface area contributed by atoms with E-state index >= 15 is 0 Å². The lowest BCUT2D eigenvalue weighted by atomic mass is 9.72. The van der Waals surface area contributed by atoms with Crippen LogP contribution in [0.2, 0.25) is 0 Å². The van der Waals surface area contributed by atoms with E-state index in [1.165, 1.54) is 11.1 Å². The summed E-state index contributed by atoms with van der Waals surface area (Å²) in [6.45, 7) is 6.81. The zero-order valence-electron chi connectivity index (χ0n) is 23.0. The van der Waals surface area contributed by atoms with Gasteiger partial charge in [-0.25, -0.2) is 4.79 Å². The monoisotopic (exact) mass is 537 g/mol. The Morgan fingerprint density at radius 2 is 1.38 bits per heavy atom. The van der Waals surface area contributed by atoms with Crippen LogP contribution in [0.25, 0.3) is 0 Å². The molecule has 0 saturated heterocycles. The minimum absolute atomic E-state index is 0.244. The number of carboxylic acids is 1. The van der Waals surface area contributed by atoms with Gasteiger partial charge in [-0.05, 0) is 65.3 Å². The third-order valence-corrected chi connectivity index (χ3v) is 7.85. The summed E-state index contributed by atoms with van der Waals surface area (Å²) in [5, 5.41) is 11.8. The largest absolute Gasteiger partial charge is 0.475 e. The van der Waals surface area contributed by atoms with E-state index in [4.69, 9.17) is 9.52 Å². The van der Waals surface area contributed by atoms with Gasteiger partial charge in [-0.1, -0.05) is 93.6 Å². The molecule has 0 bridgehead atoms. The van der Waals surface area contributed by atoms with Crippen LogP contribution < -0.4 is 10.7 Å². The van der Waals surface area contributed by atoms with E-state index in [2.05, 4.69) is 86.8 Å². The van der Waals surface area contributed by atoms with Crippen LogP contribution in [0, 0.1) is 5.92 Å². The van der Waals surface area contributed by atoms with Crippen molar-refractivity contribution in [2.75, 3.05) is 5.32 Å². The average molecular weight is 538 g/mol. The molecule has 1 heterocycles. The number of aromatic carboxylic acids is 1. The minimum Gasteiger partial charge on any atom is -0.475 e. The van der Waals surface area contributed by atoms with Gasteiger partial charge in [0.1, 0.15) is 0 Å². The van der Waals surface area contributed by atoms with Gasteiger partial charge in [0.25, 0.3) is 5.91 Å². The maximum absolute atomic E-state index is 12.6. The van der Waals surface area contributed by atoms with Crippen molar-refractivity contribution < 1.29 is 19.1 Å². The molecule has 40 heavy (non-hydrogen) atoms. The summed E-state index contributed by atoms with van der Waals surface area (Å²) < 4.78 is 5.08. The van der Waals surface area contributed by atoms with Gasteiger partial charge in [0.2, 0.25) is 5.76 Å². The van der Waals surface area contributed by atoms with E-state index < -0.39 is 23.1 Å². The molecule has 6 heteroatoms. The van der Waals surface area contributed by atoms with Crippen LogP contribution in [0.4, 0.5) is 5.69 Å². The molecule has 4 rings (SSSR count). The molecule has 4 atom stereocenters. The summed E-state index contributed by atoms with van der Waals surface area (Å²) in [5.41, 5.74) is 3.77. The number of carbonyl (C=O) groups is 2. The molecule has 0 aliphatic rings.